The van der Waals surface area contributed by atoms with Crippen molar-refractivity contribution in [2.24, 2.45) is 0 Å². The van der Waals surface area contributed by atoms with Gasteiger partial charge in [0.1, 0.15) is 0 Å². The summed E-state index contributed by atoms with van der Waals surface area (Å²) < 4.78 is 0. The molecule has 0 aliphatic carbocycles. The molecule has 0 heterocycles. The van der Waals surface area contributed by atoms with E-state index in [9.17, 15) is 0 Å². The Morgan fingerprint density at radius 3 is 0.950 bits per heavy atom. The van der Waals surface area contributed by atoms with E-state index < -0.39 is 0 Å². The van der Waals surface area contributed by atoms with Gasteiger partial charge in [-0.3, -0.25) is 0 Å². The van der Waals surface area contributed by atoms with E-state index in [-0.39, 0.29) is 0 Å². The molecule has 2 heteroatoms. The Labute approximate surface area is 118 Å². The lowest BCUT2D eigenvalue weighted by molar-refractivity contribution is 0.399. The summed E-state index contributed by atoms with van der Waals surface area (Å²) in [5, 5.41) is 22.1. The molecule has 0 aliphatic heterocycles. The zero-order chi connectivity index (χ0) is 14.5. The Kier molecular flexibility index (Phi) is 4.51. The van der Waals surface area contributed by atoms with Crippen molar-refractivity contribution < 1.29 is 10.2 Å². The van der Waals surface area contributed by atoms with Crippen LogP contribution in [0.15, 0.2) is 60.7 Å². The van der Waals surface area contributed by atoms with E-state index >= 15 is 0 Å². The molecule has 2 N–H and O–H groups in total. The second-order valence-corrected chi connectivity index (χ2v) is 4.29. The van der Waals surface area contributed by atoms with Gasteiger partial charge in [0, 0.05) is 14.2 Å². The predicted octanol–water partition coefficient (Wildman–Crippen LogP) is 3.80. The number of rotatable bonds is 0. The fraction of sp³-hybridized carbons (Fsp3) is 0.111. The van der Waals surface area contributed by atoms with Gasteiger partial charge < -0.3 is 10.2 Å². The van der Waals surface area contributed by atoms with E-state index in [0.29, 0.717) is 0 Å². The zero-order valence-corrected chi connectivity index (χ0v) is 11.7. The second kappa shape index (κ2) is 6.33. The van der Waals surface area contributed by atoms with Crippen LogP contribution in [0.5, 0.6) is 0 Å². The molecule has 4 aromatic carbocycles. The molecule has 0 saturated heterocycles. The summed E-state index contributed by atoms with van der Waals surface area (Å²) in [4.78, 5) is 0. The summed E-state index contributed by atoms with van der Waals surface area (Å²) in [6.45, 7) is 0. The maximum Gasteiger partial charge on any atom is 0.0319 e. The first-order valence-corrected chi connectivity index (χ1v) is 6.45. The molecule has 0 radical (unpaired) electrons. The number of aliphatic hydroxyl groups is 2. The van der Waals surface area contributed by atoms with Gasteiger partial charge in [-0.05, 0) is 32.3 Å². The highest BCUT2D eigenvalue weighted by atomic mass is 16.2. The third-order valence-corrected chi connectivity index (χ3v) is 3.39. The van der Waals surface area contributed by atoms with Crippen LogP contribution in [0, 0.1) is 0 Å². The van der Waals surface area contributed by atoms with Crippen LogP contribution in [0.1, 0.15) is 0 Å². The fourth-order valence-electron chi connectivity index (χ4n) is 2.67. The van der Waals surface area contributed by atoms with E-state index in [2.05, 4.69) is 60.7 Å². The lowest BCUT2D eigenvalue weighted by atomic mass is 9.95. The lowest BCUT2D eigenvalue weighted by Crippen LogP contribution is -1.82. The third-order valence-electron chi connectivity index (χ3n) is 3.39. The summed E-state index contributed by atoms with van der Waals surface area (Å²) in [5.41, 5.74) is 0. The van der Waals surface area contributed by atoms with E-state index in [4.69, 9.17) is 10.2 Å². The van der Waals surface area contributed by atoms with Gasteiger partial charge in [0.25, 0.3) is 0 Å². The van der Waals surface area contributed by atoms with Gasteiger partial charge in [-0.1, -0.05) is 60.7 Å². The van der Waals surface area contributed by atoms with Gasteiger partial charge in [-0.2, -0.15) is 0 Å². The molecule has 2 nitrogen and oxygen atoms in total. The molecule has 4 rings (SSSR count). The molecular weight excluding hydrogens is 248 g/mol. The molecule has 20 heavy (non-hydrogen) atoms. The number of benzene rings is 4. The quantitative estimate of drug-likeness (QED) is 0.475. The third kappa shape index (κ3) is 2.20. The fourth-order valence-corrected chi connectivity index (χ4v) is 2.67. The summed E-state index contributed by atoms with van der Waals surface area (Å²) >= 11 is 0. The first kappa shape index (κ1) is 14.3. The molecule has 0 aliphatic rings. The van der Waals surface area contributed by atoms with Crippen LogP contribution in [-0.2, 0) is 0 Å². The molecule has 4 aromatic rings. The highest BCUT2D eigenvalue weighted by molar-refractivity contribution is 6.22. The van der Waals surface area contributed by atoms with Crippen molar-refractivity contribution in [2.75, 3.05) is 14.2 Å². The Balaban J connectivity index is 0.000000340. The van der Waals surface area contributed by atoms with Crippen LogP contribution in [-0.4, -0.2) is 24.4 Å². The van der Waals surface area contributed by atoms with Crippen LogP contribution in [0.25, 0.3) is 32.3 Å². The predicted molar refractivity (Wildman–Crippen MR) is 86.4 cm³/mol. The topological polar surface area (TPSA) is 40.5 Å². The van der Waals surface area contributed by atoms with Crippen LogP contribution in [0.2, 0.25) is 0 Å². The zero-order valence-electron chi connectivity index (χ0n) is 11.7. The monoisotopic (exact) mass is 266 g/mol. The van der Waals surface area contributed by atoms with Crippen molar-refractivity contribution in [2.45, 2.75) is 0 Å². The van der Waals surface area contributed by atoms with Crippen molar-refractivity contribution in [3.05, 3.63) is 60.7 Å². The van der Waals surface area contributed by atoms with Crippen molar-refractivity contribution in [3.63, 3.8) is 0 Å². The molecule has 0 unspecified atom stereocenters. The first-order chi connectivity index (χ1) is 9.93. The average molecular weight is 266 g/mol. The molecule has 0 fully saturated rings. The van der Waals surface area contributed by atoms with Crippen LogP contribution < -0.4 is 0 Å². The van der Waals surface area contributed by atoms with Gasteiger partial charge in [-0.25, -0.2) is 0 Å². The van der Waals surface area contributed by atoms with E-state index in [1.807, 2.05) is 0 Å². The van der Waals surface area contributed by atoms with Crippen LogP contribution in [0.3, 0.4) is 0 Å². The lowest BCUT2D eigenvalue weighted by Gasteiger charge is -2.09. The average Bonchev–Trinajstić information content (AvgIpc) is 2.57. The standard InChI is InChI=1S/C16H10.2CH4O/c1-3-11-7-9-13-5-2-6-14-10-8-12(4-1)15(11)16(13)14;2*1-2/h1-10H;2*2H,1H3. The Bertz CT molecular complexity index is 676. The van der Waals surface area contributed by atoms with Crippen LogP contribution >= 0.6 is 0 Å². The molecule has 102 valence electrons. The molecule has 0 bridgehead atoms. The van der Waals surface area contributed by atoms with Crippen molar-refractivity contribution in [3.8, 4) is 0 Å². The molecule has 0 aromatic heterocycles. The van der Waals surface area contributed by atoms with Crippen molar-refractivity contribution in [1.29, 1.82) is 0 Å². The smallest absolute Gasteiger partial charge is 0.0319 e. The van der Waals surface area contributed by atoms with Crippen molar-refractivity contribution >= 4 is 32.3 Å². The maximum absolute atomic E-state index is 7.00. The minimum atomic E-state index is 1.00. The maximum atomic E-state index is 7.00. The molecule has 0 atom stereocenters. The Morgan fingerprint density at radius 2 is 0.700 bits per heavy atom. The highest BCUT2D eigenvalue weighted by Crippen LogP contribution is 2.33. The van der Waals surface area contributed by atoms with Gasteiger partial charge in [0.15, 0.2) is 0 Å². The Morgan fingerprint density at radius 1 is 0.450 bits per heavy atom. The number of aliphatic hydroxyl groups excluding tert-OH is 2. The summed E-state index contributed by atoms with van der Waals surface area (Å²) in [6, 6.07) is 21.9. The summed E-state index contributed by atoms with van der Waals surface area (Å²) in [5.74, 6) is 0. The van der Waals surface area contributed by atoms with Gasteiger partial charge in [0.05, 0.1) is 0 Å². The molecular formula is C18H18O2. The van der Waals surface area contributed by atoms with Crippen LogP contribution in [0.4, 0.5) is 0 Å². The molecule has 0 spiro atoms. The molecule has 0 saturated carbocycles. The molecule has 0 amide bonds. The minimum Gasteiger partial charge on any atom is -0.400 e. The minimum absolute atomic E-state index is 1.00. The van der Waals surface area contributed by atoms with Gasteiger partial charge >= 0.3 is 0 Å². The number of hydrogen-bond donors (Lipinski definition) is 2. The normalized spacial score (nSPS) is 10.0. The summed E-state index contributed by atoms with van der Waals surface area (Å²) in [7, 11) is 2.00. The van der Waals surface area contributed by atoms with Gasteiger partial charge in [-0.15, -0.1) is 0 Å². The van der Waals surface area contributed by atoms with E-state index in [0.717, 1.165) is 14.2 Å². The van der Waals surface area contributed by atoms with E-state index in [1.54, 1.807) is 0 Å². The largest absolute Gasteiger partial charge is 0.400 e. The van der Waals surface area contributed by atoms with Crippen molar-refractivity contribution in [1.82, 2.24) is 0 Å². The first-order valence-electron chi connectivity index (χ1n) is 6.45. The second-order valence-electron chi connectivity index (χ2n) is 4.29. The van der Waals surface area contributed by atoms with Gasteiger partial charge in [0.2, 0.25) is 0 Å². The summed E-state index contributed by atoms with van der Waals surface area (Å²) in [6.07, 6.45) is 0. The highest BCUT2D eigenvalue weighted by Gasteiger charge is 2.05. The number of hydrogen-bond acceptors (Lipinski definition) is 2. The SMILES string of the molecule is CO.CO.c1cc2ccc3cccc4ccc(c1)c2c34. The van der Waals surface area contributed by atoms with E-state index in [1.165, 1.54) is 32.3 Å². The Hall–Kier alpha value is -2.16.